The molecule has 13 heteroatoms. The predicted molar refractivity (Wildman–Crippen MR) is 144 cm³/mol. The number of sulfonamides is 1. The highest BCUT2D eigenvalue weighted by Crippen LogP contribution is 2.41. The summed E-state index contributed by atoms with van der Waals surface area (Å²) in [4.78, 5) is 33.0. The van der Waals surface area contributed by atoms with E-state index in [-0.39, 0.29) is 40.7 Å². The van der Waals surface area contributed by atoms with Gasteiger partial charge in [0.15, 0.2) is 11.5 Å². The van der Waals surface area contributed by atoms with Crippen molar-refractivity contribution >= 4 is 39.0 Å². The number of benzene rings is 1. The molecule has 0 bridgehead atoms. The number of hydrogen-bond donors (Lipinski definition) is 4. The van der Waals surface area contributed by atoms with Crippen molar-refractivity contribution in [2.45, 2.75) is 63.8 Å². The molecule has 0 spiro atoms. The Morgan fingerprint density at radius 3 is 2.67 bits per heavy atom. The predicted octanol–water partition coefficient (Wildman–Crippen LogP) is 1.75. The molecule has 6 rings (SSSR count). The van der Waals surface area contributed by atoms with E-state index in [0.717, 1.165) is 25.5 Å². The molecule has 3 atom stereocenters. The molecule has 0 radical (unpaired) electrons. The number of rotatable bonds is 7. The van der Waals surface area contributed by atoms with E-state index in [1.54, 1.807) is 23.2 Å². The van der Waals surface area contributed by atoms with E-state index in [0.29, 0.717) is 47.7 Å². The first-order valence-electron chi connectivity index (χ1n) is 13.1. The Labute approximate surface area is 225 Å². The zero-order valence-corrected chi connectivity index (χ0v) is 22.5. The summed E-state index contributed by atoms with van der Waals surface area (Å²) in [5.74, 6) is -0.197. The molecule has 3 aliphatic rings. The van der Waals surface area contributed by atoms with Crippen LogP contribution in [0.15, 0.2) is 24.4 Å². The van der Waals surface area contributed by atoms with Gasteiger partial charge in [0.1, 0.15) is 5.56 Å². The van der Waals surface area contributed by atoms with Crippen molar-refractivity contribution in [2.75, 3.05) is 16.7 Å². The van der Waals surface area contributed by atoms with Crippen molar-refractivity contribution in [3.8, 4) is 11.3 Å². The van der Waals surface area contributed by atoms with Crippen LogP contribution in [0.3, 0.4) is 0 Å². The Morgan fingerprint density at radius 1 is 1.23 bits per heavy atom. The van der Waals surface area contributed by atoms with E-state index in [4.69, 9.17) is 5.73 Å². The van der Waals surface area contributed by atoms with E-state index >= 15 is 0 Å². The second-order valence-electron chi connectivity index (χ2n) is 10.9. The van der Waals surface area contributed by atoms with Gasteiger partial charge in [-0.2, -0.15) is 0 Å². The van der Waals surface area contributed by atoms with Gasteiger partial charge in [-0.15, -0.1) is 5.10 Å². The van der Waals surface area contributed by atoms with Crippen LogP contribution in [0.25, 0.3) is 16.9 Å². The quantitative estimate of drug-likeness (QED) is 0.343. The average Bonchev–Trinajstić information content (AvgIpc) is 3.44. The Hall–Kier alpha value is -3.71. The number of anilines is 2. The van der Waals surface area contributed by atoms with Crippen molar-refractivity contribution in [1.82, 2.24) is 24.8 Å². The lowest BCUT2D eigenvalue weighted by Crippen LogP contribution is -2.40. The number of carbonyl (C=O) groups is 2. The second kappa shape index (κ2) is 9.19. The van der Waals surface area contributed by atoms with Crippen LogP contribution in [0.2, 0.25) is 0 Å². The van der Waals surface area contributed by atoms with Crippen LogP contribution in [0.5, 0.6) is 0 Å². The van der Waals surface area contributed by atoms with Gasteiger partial charge in [0.2, 0.25) is 10.0 Å². The van der Waals surface area contributed by atoms with Crippen molar-refractivity contribution < 1.29 is 23.1 Å². The van der Waals surface area contributed by atoms with Crippen molar-refractivity contribution in [3.63, 3.8) is 0 Å². The first-order valence-corrected chi connectivity index (χ1v) is 15.0. The summed E-state index contributed by atoms with van der Waals surface area (Å²) >= 11 is 0. The summed E-state index contributed by atoms with van der Waals surface area (Å²) in [6, 6.07) is 4.82. The van der Waals surface area contributed by atoms with Crippen LogP contribution in [0.4, 0.5) is 11.5 Å². The molecule has 2 amide bonds. The van der Waals surface area contributed by atoms with E-state index in [9.17, 15) is 23.1 Å². The third kappa shape index (κ3) is 4.69. The number of fused-ring (bicyclic) bond motifs is 2. The molecule has 3 aromatic rings. The Balaban J connectivity index is 1.40. The Kier molecular flexibility index (Phi) is 6.03. The number of aromatic nitrogens is 3. The summed E-state index contributed by atoms with van der Waals surface area (Å²) in [7, 11) is -3.67. The van der Waals surface area contributed by atoms with Crippen LogP contribution in [-0.4, -0.2) is 69.3 Å². The van der Waals surface area contributed by atoms with Crippen molar-refractivity contribution in [1.29, 1.82) is 0 Å². The summed E-state index contributed by atoms with van der Waals surface area (Å²) < 4.78 is 28.3. The van der Waals surface area contributed by atoms with Crippen molar-refractivity contribution in [2.24, 2.45) is 5.92 Å². The molecule has 1 aromatic carbocycles. The van der Waals surface area contributed by atoms with Crippen LogP contribution in [-0.2, 0) is 16.6 Å². The number of nitrogens with zero attached hydrogens (tertiary/aromatic N) is 4. The number of nitrogen functional groups attached to an aromatic ring is 1. The molecule has 1 aliphatic heterocycles. The van der Waals surface area contributed by atoms with Gasteiger partial charge < -0.3 is 21.1 Å². The number of nitrogens with two attached hydrogens (primary N) is 1. The van der Waals surface area contributed by atoms with Gasteiger partial charge in [-0.3, -0.25) is 14.3 Å². The largest absolute Gasteiger partial charge is 0.391 e. The topological polar surface area (TPSA) is 172 Å². The fourth-order valence-corrected chi connectivity index (χ4v) is 6.30. The molecule has 39 heavy (non-hydrogen) atoms. The molecule has 0 saturated heterocycles. The van der Waals surface area contributed by atoms with Gasteiger partial charge in [0, 0.05) is 24.3 Å². The van der Waals surface area contributed by atoms with Crippen LogP contribution < -0.4 is 15.8 Å². The highest BCUT2D eigenvalue weighted by molar-refractivity contribution is 7.92. The number of carbonyl (C=O) groups excluding carboxylic acids is 2. The molecular weight excluding hydrogens is 522 g/mol. The number of amides is 2. The summed E-state index contributed by atoms with van der Waals surface area (Å²) in [5, 5.41) is 17.2. The SMILES string of the molecule is CC(C1CC1)N1Cc2cc(-c3ccn4nc(N)c(C(=O)N[C@@H]5CCC[C@H]5O)c4n3)cc(NS(C)(=O)=O)c2C1=O. The van der Waals surface area contributed by atoms with E-state index in [1.165, 1.54) is 4.52 Å². The smallest absolute Gasteiger partial charge is 0.259 e. The summed E-state index contributed by atoms with van der Waals surface area (Å²) in [6.45, 7) is 2.40. The standard InChI is InChI=1S/C26H31N7O5S/c1-13(14-6-7-14)32-12-16-10-15(11-19(21(16)26(32)36)31-39(2,37)38)17-8-9-33-24(28-17)22(23(27)30-33)25(35)29-18-4-3-5-20(18)34/h8-11,13-14,18,20,31,34H,3-7,12H2,1-2H3,(H2,27,30)(H,29,35)/t13?,18-,20-/m1/s1. The Morgan fingerprint density at radius 2 is 2.00 bits per heavy atom. The molecule has 2 aliphatic carbocycles. The maximum Gasteiger partial charge on any atom is 0.259 e. The molecule has 2 saturated carbocycles. The number of hydrogen-bond acceptors (Lipinski definition) is 8. The zero-order valence-electron chi connectivity index (χ0n) is 21.7. The van der Waals surface area contributed by atoms with Gasteiger partial charge in [0.25, 0.3) is 11.8 Å². The van der Waals surface area contributed by atoms with Gasteiger partial charge >= 0.3 is 0 Å². The minimum absolute atomic E-state index is 0.00771. The minimum Gasteiger partial charge on any atom is -0.391 e. The molecule has 5 N–H and O–H groups in total. The molecule has 12 nitrogen and oxygen atoms in total. The lowest BCUT2D eigenvalue weighted by atomic mass is 10.0. The van der Waals surface area contributed by atoms with Crippen LogP contribution >= 0.6 is 0 Å². The molecule has 2 aromatic heterocycles. The van der Waals surface area contributed by atoms with Crippen molar-refractivity contribution in [3.05, 3.63) is 41.1 Å². The molecular formula is C26H31N7O5S. The first kappa shape index (κ1) is 25.6. The zero-order chi connectivity index (χ0) is 27.6. The van der Waals surface area contributed by atoms with Gasteiger partial charge in [0.05, 0.1) is 35.3 Å². The summed E-state index contributed by atoms with van der Waals surface area (Å²) in [5.41, 5.74) is 8.71. The third-order valence-corrected chi connectivity index (χ3v) is 8.55. The second-order valence-corrected chi connectivity index (χ2v) is 12.6. The molecule has 1 unspecified atom stereocenters. The molecule has 206 valence electrons. The third-order valence-electron chi connectivity index (χ3n) is 7.96. The first-order chi connectivity index (χ1) is 18.5. The van der Waals surface area contributed by atoms with Gasteiger partial charge in [-0.1, -0.05) is 0 Å². The fourth-order valence-electron chi connectivity index (χ4n) is 5.74. The average molecular weight is 554 g/mol. The minimum atomic E-state index is -3.67. The highest BCUT2D eigenvalue weighted by atomic mass is 32.2. The Bertz CT molecular complexity index is 1610. The fraction of sp³-hybridized carbons (Fsp3) is 0.462. The molecule has 2 fully saturated rings. The van der Waals surface area contributed by atoms with Crippen LogP contribution in [0, 0.1) is 5.92 Å². The summed E-state index contributed by atoms with van der Waals surface area (Å²) in [6.07, 6.45) is 6.33. The van der Waals surface area contributed by atoms with Crippen LogP contribution in [0.1, 0.15) is 65.3 Å². The van der Waals surface area contributed by atoms with E-state index < -0.39 is 22.0 Å². The number of aliphatic hydroxyl groups is 1. The number of nitrogens with one attached hydrogen (secondary N) is 2. The van der Waals surface area contributed by atoms with E-state index in [2.05, 4.69) is 20.1 Å². The number of aliphatic hydroxyl groups excluding tert-OH is 1. The maximum absolute atomic E-state index is 13.4. The van der Waals surface area contributed by atoms with Gasteiger partial charge in [-0.05, 0) is 68.7 Å². The van der Waals surface area contributed by atoms with E-state index in [1.807, 2.05) is 13.0 Å². The lowest BCUT2D eigenvalue weighted by Gasteiger charge is -2.24. The lowest BCUT2D eigenvalue weighted by molar-refractivity contribution is 0.0698. The highest BCUT2D eigenvalue weighted by Gasteiger charge is 2.40. The molecule has 3 heterocycles. The maximum atomic E-state index is 13.4. The monoisotopic (exact) mass is 553 g/mol. The normalized spacial score (nSPS) is 21.8. The van der Waals surface area contributed by atoms with Gasteiger partial charge in [-0.25, -0.2) is 17.9 Å².